The van der Waals surface area contributed by atoms with Crippen LogP contribution in [0.3, 0.4) is 0 Å². The van der Waals surface area contributed by atoms with E-state index >= 15 is 0 Å². The zero-order valence-electron chi connectivity index (χ0n) is 20.1. The summed E-state index contributed by atoms with van der Waals surface area (Å²) in [5, 5.41) is 4.40. The third kappa shape index (κ3) is 5.37. The summed E-state index contributed by atoms with van der Waals surface area (Å²) in [4.78, 5) is 25.9. The molecule has 0 aliphatic heterocycles. The van der Waals surface area contributed by atoms with Crippen molar-refractivity contribution in [1.82, 2.24) is 29.5 Å². The zero-order valence-corrected chi connectivity index (χ0v) is 20.1. The van der Waals surface area contributed by atoms with Crippen LogP contribution < -0.4 is 0 Å². The van der Waals surface area contributed by atoms with Gasteiger partial charge in [0.05, 0.1) is 28.7 Å². The van der Waals surface area contributed by atoms with Gasteiger partial charge in [0.2, 0.25) is 0 Å². The molecule has 10 heteroatoms. The first kappa shape index (κ1) is 24.8. The van der Waals surface area contributed by atoms with Crippen molar-refractivity contribution >= 4 is 5.91 Å². The lowest BCUT2D eigenvalue weighted by Gasteiger charge is -2.23. The molecule has 0 atom stereocenters. The molecule has 1 aliphatic rings. The second-order valence-corrected chi connectivity index (χ2v) is 8.67. The second-order valence-electron chi connectivity index (χ2n) is 8.67. The van der Waals surface area contributed by atoms with Crippen LogP contribution in [0.4, 0.5) is 13.2 Å². The monoisotopic (exact) mass is 486 g/mol. The Bertz CT molecular complexity index is 1180. The number of hydrogen-bond donors (Lipinski definition) is 0. The van der Waals surface area contributed by atoms with Gasteiger partial charge >= 0.3 is 6.18 Å². The smallest absolute Gasteiger partial charge is 0.340 e. The summed E-state index contributed by atoms with van der Waals surface area (Å²) in [6.45, 7) is 7.34. The van der Waals surface area contributed by atoms with Crippen LogP contribution in [0.2, 0.25) is 0 Å². The molecule has 0 spiro atoms. The lowest BCUT2D eigenvalue weighted by atomic mass is 10.0. The molecular formula is C25H29F3N6O. The average molecular weight is 487 g/mol. The van der Waals surface area contributed by atoms with Crippen molar-refractivity contribution in [3.05, 3.63) is 59.5 Å². The molecule has 0 radical (unpaired) electrons. The number of halogens is 3. The minimum Gasteiger partial charge on any atom is -0.340 e. The number of nitrogens with zero attached hydrogens (tertiary/aromatic N) is 6. The Labute approximate surface area is 202 Å². The van der Waals surface area contributed by atoms with E-state index in [0.717, 1.165) is 38.5 Å². The zero-order chi connectivity index (χ0) is 25.2. The third-order valence-electron chi connectivity index (χ3n) is 6.33. The van der Waals surface area contributed by atoms with Crippen LogP contribution in [0.1, 0.15) is 54.2 Å². The van der Waals surface area contributed by atoms with E-state index in [-0.39, 0.29) is 29.0 Å². The van der Waals surface area contributed by atoms with E-state index in [1.54, 1.807) is 18.0 Å². The maximum Gasteiger partial charge on any atom is 0.417 e. The molecule has 1 aromatic carbocycles. The van der Waals surface area contributed by atoms with Crippen LogP contribution in [-0.2, 0) is 6.18 Å². The number of carbonyl (C=O) groups excluding carboxylic acids is 1. The number of carbonyl (C=O) groups is 1. The van der Waals surface area contributed by atoms with Gasteiger partial charge in [-0.05, 0) is 38.1 Å². The molecule has 1 fully saturated rings. The SMILES string of the molecule is CCN(CC)CCN(C)C(=O)c1cnn(-c2nccc(-c3ccccc3C(F)(F)F)n2)c1C1CC1. The molecule has 0 unspecified atom stereocenters. The average Bonchev–Trinajstić information content (AvgIpc) is 3.61. The maximum atomic E-state index is 13.6. The van der Waals surface area contributed by atoms with Gasteiger partial charge in [-0.2, -0.15) is 18.3 Å². The number of aromatic nitrogens is 4. The van der Waals surface area contributed by atoms with Crippen LogP contribution >= 0.6 is 0 Å². The van der Waals surface area contributed by atoms with E-state index < -0.39 is 11.7 Å². The lowest BCUT2D eigenvalue weighted by molar-refractivity contribution is -0.137. The topological polar surface area (TPSA) is 67.2 Å². The van der Waals surface area contributed by atoms with Crippen LogP contribution in [-0.4, -0.2) is 68.7 Å². The van der Waals surface area contributed by atoms with Crippen molar-refractivity contribution in [2.75, 3.05) is 33.2 Å². The van der Waals surface area contributed by atoms with Gasteiger partial charge in [-0.15, -0.1) is 0 Å². The Hall–Kier alpha value is -3.27. The largest absolute Gasteiger partial charge is 0.417 e. The normalized spacial score (nSPS) is 13.9. The minimum atomic E-state index is -4.51. The number of hydrogen-bond acceptors (Lipinski definition) is 5. The number of alkyl halides is 3. The van der Waals surface area contributed by atoms with E-state index in [1.165, 1.54) is 35.3 Å². The summed E-state index contributed by atoms with van der Waals surface area (Å²) in [5.74, 6) is 0.150. The van der Waals surface area contributed by atoms with Gasteiger partial charge in [0.25, 0.3) is 11.9 Å². The van der Waals surface area contributed by atoms with E-state index in [1.807, 2.05) is 0 Å². The highest BCUT2D eigenvalue weighted by Gasteiger charge is 2.35. The maximum absolute atomic E-state index is 13.6. The standard InChI is InChI=1S/C25H29F3N6O/c1-4-33(5-2)15-14-32(3)23(35)19-16-30-34(22(19)17-10-11-17)24-29-13-12-21(31-24)18-8-6-7-9-20(18)25(26,27)28/h6-9,12-13,16-17H,4-5,10-11,14-15H2,1-3H3. The summed E-state index contributed by atoms with van der Waals surface area (Å²) in [6, 6.07) is 6.76. The molecule has 1 saturated carbocycles. The second kappa shape index (κ2) is 10.2. The van der Waals surface area contributed by atoms with Crippen molar-refractivity contribution in [2.24, 2.45) is 0 Å². The fourth-order valence-corrected chi connectivity index (χ4v) is 4.12. The number of benzene rings is 1. The molecule has 186 valence electrons. The van der Waals surface area contributed by atoms with Gasteiger partial charge in [0.15, 0.2) is 0 Å². The van der Waals surface area contributed by atoms with E-state index in [0.29, 0.717) is 17.8 Å². The van der Waals surface area contributed by atoms with Crippen molar-refractivity contribution in [3.63, 3.8) is 0 Å². The van der Waals surface area contributed by atoms with Gasteiger partial charge < -0.3 is 9.80 Å². The van der Waals surface area contributed by atoms with Gasteiger partial charge in [-0.1, -0.05) is 32.0 Å². The Balaban J connectivity index is 1.66. The highest BCUT2D eigenvalue weighted by molar-refractivity contribution is 5.95. The van der Waals surface area contributed by atoms with Gasteiger partial charge in [-0.25, -0.2) is 14.6 Å². The summed E-state index contributed by atoms with van der Waals surface area (Å²) in [7, 11) is 1.77. The van der Waals surface area contributed by atoms with Crippen LogP contribution in [0.25, 0.3) is 17.2 Å². The van der Waals surface area contributed by atoms with Crippen molar-refractivity contribution in [2.45, 2.75) is 38.8 Å². The molecule has 1 amide bonds. The molecule has 7 nitrogen and oxygen atoms in total. The fraction of sp³-hybridized carbons (Fsp3) is 0.440. The Kier molecular flexibility index (Phi) is 7.20. The first-order valence-corrected chi connectivity index (χ1v) is 11.8. The summed E-state index contributed by atoms with van der Waals surface area (Å²) < 4.78 is 42.2. The quantitative estimate of drug-likeness (QED) is 0.441. The molecular weight excluding hydrogens is 457 g/mol. The van der Waals surface area contributed by atoms with Crippen LogP contribution in [0, 0.1) is 0 Å². The van der Waals surface area contributed by atoms with Gasteiger partial charge in [0.1, 0.15) is 0 Å². The molecule has 35 heavy (non-hydrogen) atoms. The van der Waals surface area contributed by atoms with Crippen molar-refractivity contribution in [3.8, 4) is 17.2 Å². The van der Waals surface area contributed by atoms with Crippen molar-refractivity contribution < 1.29 is 18.0 Å². The van der Waals surface area contributed by atoms with Crippen molar-refractivity contribution in [1.29, 1.82) is 0 Å². The summed E-state index contributed by atoms with van der Waals surface area (Å²) >= 11 is 0. The van der Waals surface area contributed by atoms with E-state index in [2.05, 4.69) is 33.8 Å². The summed E-state index contributed by atoms with van der Waals surface area (Å²) in [5.41, 5.74) is 0.545. The third-order valence-corrected chi connectivity index (χ3v) is 6.33. The summed E-state index contributed by atoms with van der Waals surface area (Å²) in [6.07, 6.45) is 0.240. The first-order chi connectivity index (χ1) is 16.7. The number of amides is 1. The minimum absolute atomic E-state index is 0.0313. The van der Waals surface area contributed by atoms with Crippen LogP contribution in [0.15, 0.2) is 42.7 Å². The molecule has 0 N–H and O–H groups in total. The van der Waals surface area contributed by atoms with E-state index in [9.17, 15) is 18.0 Å². The lowest BCUT2D eigenvalue weighted by Crippen LogP contribution is -2.36. The van der Waals surface area contributed by atoms with Gasteiger partial charge in [0, 0.05) is 37.8 Å². The molecule has 1 aliphatic carbocycles. The highest BCUT2D eigenvalue weighted by atomic mass is 19.4. The van der Waals surface area contributed by atoms with E-state index in [4.69, 9.17) is 0 Å². The predicted molar refractivity (Wildman–Crippen MR) is 126 cm³/mol. The number of likely N-dealkylation sites (N-methyl/N-ethyl adjacent to an activating group) is 2. The Morgan fingerprint density at radius 2 is 1.83 bits per heavy atom. The molecule has 0 bridgehead atoms. The Morgan fingerprint density at radius 3 is 2.49 bits per heavy atom. The predicted octanol–water partition coefficient (Wildman–Crippen LogP) is 4.64. The molecule has 4 rings (SSSR count). The molecule has 3 aromatic rings. The number of rotatable bonds is 9. The van der Waals surface area contributed by atoms with Gasteiger partial charge in [-0.3, -0.25) is 4.79 Å². The molecule has 2 heterocycles. The molecule has 2 aromatic heterocycles. The molecule has 0 saturated heterocycles. The highest BCUT2D eigenvalue weighted by Crippen LogP contribution is 2.42. The first-order valence-electron chi connectivity index (χ1n) is 11.8. The Morgan fingerprint density at radius 1 is 1.11 bits per heavy atom. The van der Waals surface area contributed by atoms with Crippen LogP contribution in [0.5, 0.6) is 0 Å². The fourth-order valence-electron chi connectivity index (χ4n) is 4.12.